The average Bonchev–Trinajstić information content (AvgIpc) is 3.13. The molecule has 0 aliphatic carbocycles. The molecule has 0 radical (unpaired) electrons. The van der Waals surface area contributed by atoms with Crippen molar-refractivity contribution in [1.29, 1.82) is 0 Å². The molecular weight excluding hydrogens is 438 g/mol. The maximum absolute atomic E-state index is 13.4. The second-order valence-electron chi connectivity index (χ2n) is 9.93. The molecule has 3 heterocycles. The largest absolute Gasteiger partial charge is 0.467 e. The predicted molar refractivity (Wildman–Crippen MR) is 123 cm³/mol. The van der Waals surface area contributed by atoms with Crippen molar-refractivity contribution in [1.82, 2.24) is 14.7 Å². The van der Waals surface area contributed by atoms with Crippen LogP contribution in [-0.4, -0.2) is 96.4 Å². The van der Waals surface area contributed by atoms with Crippen molar-refractivity contribution < 1.29 is 28.6 Å². The molecule has 3 fully saturated rings. The molecule has 0 saturated carbocycles. The third-order valence-corrected chi connectivity index (χ3v) is 6.73. The minimum Gasteiger partial charge on any atom is -0.467 e. The molecule has 2 amide bonds. The zero-order valence-electron chi connectivity index (χ0n) is 20.4. The van der Waals surface area contributed by atoms with Gasteiger partial charge in [-0.2, -0.15) is 0 Å². The molecule has 4 rings (SSSR count). The number of benzene rings is 1. The molecule has 4 atom stereocenters. The lowest BCUT2D eigenvalue weighted by Gasteiger charge is -2.40. The lowest BCUT2D eigenvalue weighted by atomic mass is 9.99. The minimum atomic E-state index is -1.14. The van der Waals surface area contributed by atoms with Gasteiger partial charge in [0.05, 0.1) is 13.7 Å². The van der Waals surface area contributed by atoms with Gasteiger partial charge in [0.2, 0.25) is 0 Å². The molecule has 0 N–H and O–H groups in total. The molecule has 9 nitrogen and oxygen atoms in total. The van der Waals surface area contributed by atoms with Crippen LogP contribution in [0.1, 0.15) is 32.8 Å². The number of rotatable bonds is 7. The molecule has 3 aliphatic rings. The molecule has 186 valence electrons. The van der Waals surface area contributed by atoms with Crippen LogP contribution in [-0.2, 0) is 35.1 Å². The number of esters is 1. The number of carbonyl (C=O) groups excluding carboxylic acids is 3. The molecular formula is C25H35N3O6. The lowest BCUT2D eigenvalue weighted by molar-refractivity contribution is -0.208. The first-order valence-electron chi connectivity index (χ1n) is 12.0. The number of ether oxygens (including phenoxy) is 3. The summed E-state index contributed by atoms with van der Waals surface area (Å²) >= 11 is 0. The van der Waals surface area contributed by atoms with E-state index in [0.717, 1.165) is 19.6 Å². The summed E-state index contributed by atoms with van der Waals surface area (Å²) in [5.74, 6) is -2.06. The molecule has 3 aliphatic heterocycles. The number of methoxy groups -OCH3 is 1. The van der Waals surface area contributed by atoms with E-state index < -0.39 is 35.9 Å². The fraction of sp³-hybridized carbons (Fsp3) is 0.640. The van der Waals surface area contributed by atoms with Gasteiger partial charge in [-0.25, -0.2) is 4.79 Å². The Kier molecular flexibility index (Phi) is 7.25. The lowest BCUT2D eigenvalue weighted by Crippen LogP contribution is -2.60. The van der Waals surface area contributed by atoms with Crippen LogP contribution in [0.5, 0.6) is 0 Å². The molecule has 34 heavy (non-hydrogen) atoms. The van der Waals surface area contributed by atoms with Gasteiger partial charge in [-0.05, 0) is 24.8 Å². The Balaban J connectivity index is 1.41. The highest BCUT2D eigenvalue weighted by Gasteiger charge is 2.59. The summed E-state index contributed by atoms with van der Waals surface area (Å²) < 4.78 is 16.9. The van der Waals surface area contributed by atoms with Gasteiger partial charge in [0.1, 0.15) is 6.04 Å². The molecule has 1 aromatic rings. The van der Waals surface area contributed by atoms with Crippen LogP contribution >= 0.6 is 0 Å². The molecule has 0 aromatic heterocycles. The number of hydrogen-bond acceptors (Lipinski definition) is 7. The number of carbonyl (C=O) groups is 3. The van der Waals surface area contributed by atoms with Crippen LogP contribution < -0.4 is 0 Å². The Morgan fingerprint density at radius 1 is 1.12 bits per heavy atom. The molecule has 1 aromatic carbocycles. The van der Waals surface area contributed by atoms with Crippen molar-refractivity contribution in [3.8, 4) is 0 Å². The maximum atomic E-state index is 13.4. The first-order valence-corrected chi connectivity index (χ1v) is 12.0. The zero-order chi connectivity index (χ0) is 24.5. The molecule has 0 unspecified atom stereocenters. The summed E-state index contributed by atoms with van der Waals surface area (Å²) in [7, 11) is 1.32. The van der Waals surface area contributed by atoms with Crippen molar-refractivity contribution in [3.63, 3.8) is 0 Å². The summed E-state index contributed by atoms with van der Waals surface area (Å²) in [5.41, 5.74) is 1.24. The normalized spacial score (nSPS) is 28.3. The van der Waals surface area contributed by atoms with E-state index in [1.807, 2.05) is 32.0 Å². The summed E-state index contributed by atoms with van der Waals surface area (Å²) in [4.78, 5) is 44.8. The average molecular weight is 474 g/mol. The monoisotopic (exact) mass is 473 g/mol. The molecule has 2 bridgehead atoms. The van der Waals surface area contributed by atoms with E-state index in [0.29, 0.717) is 19.5 Å². The SMILES string of the molecule is COC(=O)[C@H](CC(C)C)N1C[C@@]2(C)O[C@H](C(=O)N3CCN(Cc4ccccc4)CC3)[C@H](O2)C1=O. The highest BCUT2D eigenvalue weighted by atomic mass is 16.8. The summed E-state index contributed by atoms with van der Waals surface area (Å²) in [6, 6.07) is 9.51. The third-order valence-electron chi connectivity index (χ3n) is 6.73. The Hall–Kier alpha value is -2.49. The van der Waals surface area contributed by atoms with Gasteiger partial charge in [-0.3, -0.25) is 14.5 Å². The van der Waals surface area contributed by atoms with Gasteiger partial charge in [0.15, 0.2) is 18.0 Å². The van der Waals surface area contributed by atoms with Gasteiger partial charge in [0.25, 0.3) is 11.8 Å². The Labute approximate surface area is 200 Å². The van der Waals surface area contributed by atoms with E-state index in [2.05, 4.69) is 17.0 Å². The Bertz CT molecular complexity index is 901. The quantitative estimate of drug-likeness (QED) is 0.551. The van der Waals surface area contributed by atoms with Gasteiger partial charge >= 0.3 is 5.97 Å². The summed E-state index contributed by atoms with van der Waals surface area (Å²) in [5, 5.41) is 0. The maximum Gasteiger partial charge on any atom is 0.328 e. The summed E-state index contributed by atoms with van der Waals surface area (Å²) in [6.45, 7) is 9.21. The van der Waals surface area contributed by atoms with Crippen molar-refractivity contribution in [2.45, 2.75) is 57.8 Å². The zero-order valence-corrected chi connectivity index (χ0v) is 20.4. The number of hydrogen-bond donors (Lipinski definition) is 0. The van der Waals surface area contributed by atoms with Gasteiger partial charge in [-0.1, -0.05) is 44.2 Å². The topological polar surface area (TPSA) is 88.6 Å². The number of piperazine rings is 1. The van der Waals surface area contributed by atoms with Gasteiger partial charge in [0, 0.05) is 32.7 Å². The van der Waals surface area contributed by atoms with Gasteiger partial charge in [-0.15, -0.1) is 0 Å². The second kappa shape index (κ2) is 10.0. The van der Waals surface area contributed by atoms with Crippen LogP contribution in [0, 0.1) is 5.92 Å². The molecule has 3 saturated heterocycles. The van der Waals surface area contributed by atoms with Crippen molar-refractivity contribution >= 4 is 17.8 Å². The first kappa shape index (κ1) is 24.6. The van der Waals surface area contributed by atoms with Crippen molar-refractivity contribution in [2.75, 3.05) is 39.8 Å². The second-order valence-corrected chi connectivity index (χ2v) is 9.93. The fourth-order valence-electron chi connectivity index (χ4n) is 5.02. The van der Waals surface area contributed by atoms with Gasteiger partial charge < -0.3 is 24.0 Å². The van der Waals surface area contributed by atoms with Crippen LogP contribution in [0.4, 0.5) is 0 Å². The van der Waals surface area contributed by atoms with E-state index in [4.69, 9.17) is 14.2 Å². The van der Waals surface area contributed by atoms with E-state index in [9.17, 15) is 14.4 Å². The van der Waals surface area contributed by atoms with Crippen molar-refractivity contribution in [2.24, 2.45) is 5.92 Å². The first-order chi connectivity index (χ1) is 16.2. The van der Waals surface area contributed by atoms with Crippen molar-refractivity contribution in [3.05, 3.63) is 35.9 Å². The predicted octanol–water partition coefficient (Wildman–Crippen LogP) is 1.26. The number of amides is 2. The van der Waals surface area contributed by atoms with Crippen LogP contribution in [0.25, 0.3) is 0 Å². The van der Waals surface area contributed by atoms with Crippen LogP contribution in [0.3, 0.4) is 0 Å². The standard InChI is InChI=1S/C25H35N3O6/c1-17(2)14-19(24(31)32-4)28-16-25(3)33-20(21(34-25)23(28)30)22(29)27-12-10-26(11-13-27)15-18-8-6-5-7-9-18/h5-9,17,19-21H,10-16H2,1-4H3/t19-,20-,21-,25-/m0/s1. The van der Waals surface area contributed by atoms with E-state index in [1.54, 1.807) is 11.8 Å². The van der Waals surface area contributed by atoms with E-state index in [1.165, 1.54) is 17.6 Å². The van der Waals surface area contributed by atoms with E-state index >= 15 is 0 Å². The molecule has 0 spiro atoms. The van der Waals surface area contributed by atoms with Crippen LogP contribution in [0.15, 0.2) is 30.3 Å². The van der Waals surface area contributed by atoms with E-state index in [-0.39, 0.29) is 18.4 Å². The number of nitrogens with zero attached hydrogens (tertiary/aromatic N) is 3. The Morgan fingerprint density at radius 3 is 2.41 bits per heavy atom. The third kappa shape index (κ3) is 5.11. The smallest absolute Gasteiger partial charge is 0.328 e. The summed E-state index contributed by atoms with van der Waals surface area (Å²) in [6.07, 6.45) is -1.61. The number of morpholine rings is 1. The number of fused-ring (bicyclic) bond motifs is 2. The minimum absolute atomic E-state index is 0.0729. The Morgan fingerprint density at radius 2 is 1.79 bits per heavy atom. The highest BCUT2D eigenvalue weighted by molar-refractivity contribution is 5.94. The molecule has 9 heteroatoms. The van der Waals surface area contributed by atoms with Crippen LogP contribution in [0.2, 0.25) is 0 Å². The fourth-order valence-corrected chi connectivity index (χ4v) is 5.02. The highest BCUT2D eigenvalue weighted by Crippen LogP contribution is 2.37.